The molecule has 1 aromatic heterocycles. The highest BCUT2D eigenvalue weighted by molar-refractivity contribution is 7.09. The van der Waals surface area contributed by atoms with Gasteiger partial charge in [-0.05, 0) is 37.5 Å². The fourth-order valence-corrected chi connectivity index (χ4v) is 3.93. The van der Waals surface area contributed by atoms with Gasteiger partial charge in [-0.3, -0.25) is 0 Å². The molecular formula is C18H22N2O3S. The monoisotopic (exact) mass is 346 g/mol. The van der Waals surface area contributed by atoms with E-state index in [1.807, 2.05) is 6.07 Å². The third-order valence-electron chi connectivity index (χ3n) is 4.43. The van der Waals surface area contributed by atoms with Gasteiger partial charge in [-0.25, -0.2) is 4.98 Å². The molecule has 2 aliphatic heterocycles. The predicted molar refractivity (Wildman–Crippen MR) is 92.7 cm³/mol. The Labute approximate surface area is 146 Å². The fraction of sp³-hybridized carbons (Fsp3) is 0.500. The zero-order valence-electron chi connectivity index (χ0n) is 13.8. The molecule has 0 amide bonds. The molecule has 0 unspecified atom stereocenters. The molecule has 1 saturated heterocycles. The highest BCUT2D eigenvalue weighted by atomic mass is 32.1. The second kappa shape index (κ2) is 7.09. The van der Waals surface area contributed by atoms with Crippen molar-refractivity contribution in [2.24, 2.45) is 0 Å². The molecule has 0 aliphatic carbocycles. The minimum atomic E-state index is 0.207. The van der Waals surface area contributed by atoms with E-state index >= 15 is 0 Å². The van der Waals surface area contributed by atoms with E-state index in [9.17, 15) is 0 Å². The summed E-state index contributed by atoms with van der Waals surface area (Å²) in [6, 6.07) is 6.35. The molecule has 0 radical (unpaired) electrons. The lowest BCUT2D eigenvalue weighted by Crippen LogP contribution is -2.19. The van der Waals surface area contributed by atoms with E-state index in [0.717, 1.165) is 48.2 Å². The van der Waals surface area contributed by atoms with Crippen LogP contribution in [0.4, 0.5) is 0 Å². The lowest BCUT2D eigenvalue weighted by atomic mass is 10.1. The Morgan fingerprint density at radius 1 is 1.25 bits per heavy atom. The van der Waals surface area contributed by atoms with Crippen molar-refractivity contribution in [1.82, 2.24) is 10.3 Å². The number of rotatable bonds is 5. The fourth-order valence-electron chi connectivity index (χ4n) is 3.03. The standard InChI is InChI=1S/C18H22N2O3S/c1-12(13-4-5-15-17(9-13)23-8-7-22-15)19-10-14-11-24-18(20-14)16-3-2-6-21-16/h4-5,9,11-12,16,19H,2-3,6-8,10H2,1H3/t12-,16+/m0/s1. The Bertz CT molecular complexity index is 697. The van der Waals surface area contributed by atoms with Crippen molar-refractivity contribution in [3.8, 4) is 11.5 Å². The van der Waals surface area contributed by atoms with E-state index in [1.54, 1.807) is 11.3 Å². The molecule has 0 saturated carbocycles. The summed E-state index contributed by atoms with van der Waals surface area (Å²) in [4.78, 5) is 4.71. The normalized spacial score (nSPS) is 21.0. The Kier molecular flexibility index (Phi) is 4.69. The second-order valence-electron chi connectivity index (χ2n) is 6.18. The summed E-state index contributed by atoms with van der Waals surface area (Å²) in [5, 5.41) is 6.77. The number of nitrogens with zero attached hydrogens (tertiary/aromatic N) is 1. The third kappa shape index (κ3) is 3.41. The quantitative estimate of drug-likeness (QED) is 0.896. The number of hydrogen-bond acceptors (Lipinski definition) is 6. The van der Waals surface area contributed by atoms with Gasteiger partial charge in [0.1, 0.15) is 24.3 Å². The Morgan fingerprint density at radius 3 is 2.96 bits per heavy atom. The molecule has 1 fully saturated rings. The summed E-state index contributed by atoms with van der Waals surface area (Å²) in [5.41, 5.74) is 2.27. The summed E-state index contributed by atoms with van der Waals surface area (Å²) in [6.07, 6.45) is 2.44. The smallest absolute Gasteiger partial charge is 0.161 e. The minimum Gasteiger partial charge on any atom is -0.486 e. The highest BCUT2D eigenvalue weighted by Gasteiger charge is 2.21. The van der Waals surface area contributed by atoms with Crippen molar-refractivity contribution >= 4 is 11.3 Å². The van der Waals surface area contributed by atoms with Crippen LogP contribution in [0.3, 0.4) is 0 Å². The minimum absolute atomic E-state index is 0.207. The van der Waals surface area contributed by atoms with E-state index in [-0.39, 0.29) is 12.1 Å². The van der Waals surface area contributed by atoms with Crippen LogP contribution in [0, 0.1) is 0 Å². The number of ether oxygens (including phenoxy) is 3. The van der Waals surface area contributed by atoms with Gasteiger partial charge in [-0.2, -0.15) is 0 Å². The van der Waals surface area contributed by atoms with E-state index < -0.39 is 0 Å². The van der Waals surface area contributed by atoms with Crippen LogP contribution in [-0.4, -0.2) is 24.8 Å². The predicted octanol–water partition coefficient (Wildman–Crippen LogP) is 3.62. The van der Waals surface area contributed by atoms with Crippen LogP contribution in [0.25, 0.3) is 0 Å². The first kappa shape index (κ1) is 15.9. The van der Waals surface area contributed by atoms with Gasteiger partial charge in [-0.1, -0.05) is 6.07 Å². The molecule has 128 valence electrons. The van der Waals surface area contributed by atoms with E-state index in [2.05, 4.69) is 29.8 Å². The Balaban J connectivity index is 1.37. The van der Waals surface area contributed by atoms with Crippen molar-refractivity contribution in [2.45, 2.75) is 38.5 Å². The molecule has 1 N–H and O–H groups in total. The van der Waals surface area contributed by atoms with Gasteiger partial charge in [0.15, 0.2) is 11.5 Å². The zero-order valence-corrected chi connectivity index (χ0v) is 14.6. The van der Waals surface area contributed by atoms with Crippen molar-refractivity contribution in [3.05, 3.63) is 39.8 Å². The molecule has 2 aromatic rings. The lowest BCUT2D eigenvalue weighted by molar-refractivity contribution is 0.111. The molecule has 4 rings (SSSR count). The van der Waals surface area contributed by atoms with Crippen LogP contribution < -0.4 is 14.8 Å². The molecule has 2 aliphatic rings. The number of fused-ring (bicyclic) bond motifs is 1. The second-order valence-corrected chi connectivity index (χ2v) is 7.07. The van der Waals surface area contributed by atoms with Gasteiger partial charge in [0.25, 0.3) is 0 Å². The molecule has 24 heavy (non-hydrogen) atoms. The maximum Gasteiger partial charge on any atom is 0.161 e. The molecular weight excluding hydrogens is 324 g/mol. The number of aromatic nitrogens is 1. The number of benzene rings is 1. The van der Waals surface area contributed by atoms with Crippen molar-refractivity contribution < 1.29 is 14.2 Å². The first-order valence-electron chi connectivity index (χ1n) is 8.48. The third-order valence-corrected chi connectivity index (χ3v) is 5.42. The average Bonchev–Trinajstić information content (AvgIpc) is 3.30. The Hall–Kier alpha value is -1.63. The van der Waals surface area contributed by atoms with Crippen molar-refractivity contribution in [1.29, 1.82) is 0 Å². The maximum atomic E-state index is 5.70. The van der Waals surface area contributed by atoms with Crippen LogP contribution in [-0.2, 0) is 11.3 Å². The van der Waals surface area contributed by atoms with Crippen LogP contribution >= 0.6 is 11.3 Å². The number of hydrogen-bond donors (Lipinski definition) is 1. The van der Waals surface area contributed by atoms with Gasteiger partial charge < -0.3 is 19.5 Å². The SMILES string of the molecule is C[C@H](NCc1csc([C@H]2CCCO2)n1)c1ccc2c(c1)OCCO2. The lowest BCUT2D eigenvalue weighted by Gasteiger charge is -2.21. The maximum absolute atomic E-state index is 5.70. The zero-order chi connectivity index (χ0) is 16.4. The van der Waals surface area contributed by atoms with Crippen LogP contribution in [0.5, 0.6) is 11.5 Å². The molecule has 3 heterocycles. The summed E-state index contributed by atoms with van der Waals surface area (Å²) in [7, 11) is 0. The van der Waals surface area contributed by atoms with Gasteiger partial charge in [-0.15, -0.1) is 11.3 Å². The van der Waals surface area contributed by atoms with E-state index in [1.165, 1.54) is 5.56 Å². The first-order valence-corrected chi connectivity index (χ1v) is 9.36. The van der Waals surface area contributed by atoms with Gasteiger partial charge in [0, 0.05) is 24.6 Å². The average molecular weight is 346 g/mol. The van der Waals surface area contributed by atoms with Gasteiger partial charge in [0.2, 0.25) is 0 Å². The van der Waals surface area contributed by atoms with E-state index in [4.69, 9.17) is 19.2 Å². The van der Waals surface area contributed by atoms with Crippen molar-refractivity contribution in [2.75, 3.05) is 19.8 Å². The Morgan fingerprint density at radius 2 is 2.12 bits per heavy atom. The van der Waals surface area contributed by atoms with Crippen molar-refractivity contribution in [3.63, 3.8) is 0 Å². The van der Waals surface area contributed by atoms with Gasteiger partial charge >= 0.3 is 0 Å². The number of nitrogens with one attached hydrogen (secondary N) is 1. The van der Waals surface area contributed by atoms with Crippen LogP contribution in [0.1, 0.15) is 48.2 Å². The van der Waals surface area contributed by atoms with Crippen LogP contribution in [0.2, 0.25) is 0 Å². The van der Waals surface area contributed by atoms with E-state index in [0.29, 0.717) is 13.2 Å². The number of thiazole rings is 1. The summed E-state index contributed by atoms with van der Waals surface area (Å²) < 4.78 is 16.9. The molecule has 5 nitrogen and oxygen atoms in total. The first-order chi connectivity index (χ1) is 11.8. The van der Waals surface area contributed by atoms with Gasteiger partial charge in [0.05, 0.1) is 5.69 Å². The summed E-state index contributed by atoms with van der Waals surface area (Å²) >= 11 is 1.70. The molecule has 6 heteroatoms. The topological polar surface area (TPSA) is 52.6 Å². The summed E-state index contributed by atoms with van der Waals surface area (Å²) in [6.45, 7) is 5.00. The van der Waals surface area contributed by atoms with Crippen LogP contribution in [0.15, 0.2) is 23.6 Å². The largest absolute Gasteiger partial charge is 0.486 e. The molecule has 0 spiro atoms. The highest BCUT2D eigenvalue weighted by Crippen LogP contribution is 2.33. The molecule has 0 bridgehead atoms. The summed E-state index contributed by atoms with van der Waals surface area (Å²) in [5.74, 6) is 1.67. The molecule has 1 aromatic carbocycles. The molecule has 2 atom stereocenters.